The Morgan fingerprint density at radius 2 is 1.58 bits per heavy atom. The molecule has 2 saturated heterocycles. The second-order valence-electron chi connectivity index (χ2n) is 7.64. The maximum Gasteiger partial charge on any atom is 0.276 e. The third kappa shape index (κ3) is 3.34. The average molecular weight is 331 g/mol. The van der Waals surface area contributed by atoms with E-state index in [0.29, 0.717) is 17.8 Å². The van der Waals surface area contributed by atoms with Crippen LogP contribution in [0.2, 0.25) is 0 Å². The summed E-state index contributed by atoms with van der Waals surface area (Å²) in [5, 5.41) is 8.42. The van der Waals surface area contributed by atoms with Crippen molar-refractivity contribution in [2.24, 2.45) is 0 Å². The molecule has 3 aliphatic rings. The molecule has 0 radical (unpaired) electrons. The molecule has 4 rings (SSSR count). The summed E-state index contributed by atoms with van der Waals surface area (Å²) in [6, 6.07) is 1.11. The van der Waals surface area contributed by atoms with E-state index in [4.69, 9.17) is 0 Å². The molecule has 6 nitrogen and oxygen atoms in total. The van der Waals surface area contributed by atoms with Crippen LogP contribution in [0.4, 0.5) is 0 Å². The number of amides is 1. The number of hydrogen-bond acceptors (Lipinski definition) is 4. The monoisotopic (exact) mass is 331 g/mol. The van der Waals surface area contributed by atoms with Crippen molar-refractivity contribution in [3.63, 3.8) is 0 Å². The maximum absolute atomic E-state index is 12.7. The van der Waals surface area contributed by atoms with Crippen molar-refractivity contribution in [3.8, 4) is 0 Å². The van der Waals surface area contributed by atoms with Crippen LogP contribution in [0.15, 0.2) is 6.20 Å². The Bertz CT molecular complexity index is 552. The lowest BCUT2D eigenvalue weighted by atomic mass is 9.96. The van der Waals surface area contributed by atoms with Gasteiger partial charge in [0.1, 0.15) is 0 Å². The van der Waals surface area contributed by atoms with E-state index in [0.717, 1.165) is 38.8 Å². The zero-order valence-electron chi connectivity index (χ0n) is 14.6. The average Bonchev–Trinajstić information content (AvgIpc) is 3.34. The lowest BCUT2D eigenvalue weighted by Crippen LogP contribution is -2.46. The molecule has 0 N–H and O–H groups in total. The van der Waals surface area contributed by atoms with Crippen LogP contribution in [0.3, 0.4) is 0 Å². The van der Waals surface area contributed by atoms with Crippen molar-refractivity contribution in [3.05, 3.63) is 11.9 Å². The molecule has 1 aromatic rings. The lowest BCUT2D eigenvalue weighted by molar-refractivity contribution is 0.0638. The molecule has 0 spiro atoms. The van der Waals surface area contributed by atoms with E-state index in [1.165, 1.54) is 45.2 Å². The third-order valence-corrected chi connectivity index (χ3v) is 6.09. The summed E-state index contributed by atoms with van der Waals surface area (Å²) in [5.41, 5.74) is 0.528. The fourth-order valence-corrected chi connectivity index (χ4v) is 4.60. The molecule has 1 saturated carbocycles. The highest BCUT2D eigenvalue weighted by atomic mass is 16.2. The first-order valence-corrected chi connectivity index (χ1v) is 9.76. The molecule has 1 aromatic heterocycles. The van der Waals surface area contributed by atoms with E-state index in [2.05, 4.69) is 15.2 Å². The molecular formula is C18H29N5O. The van der Waals surface area contributed by atoms with Gasteiger partial charge in [0, 0.05) is 19.1 Å². The fourth-order valence-electron chi connectivity index (χ4n) is 4.60. The van der Waals surface area contributed by atoms with Gasteiger partial charge in [-0.2, -0.15) is 0 Å². The van der Waals surface area contributed by atoms with Crippen LogP contribution < -0.4 is 0 Å². The smallest absolute Gasteiger partial charge is 0.276 e. The Kier molecular flexibility index (Phi) is 4.83. The van der Waals surface area contributed by atoms with Crippen LogP contribution >= 0.6 is 0 Å². The van der Waals surface area contributed by atoms with Crippen molar-refractivity contribution in [2.45, 2.75) is 69.9 Å². The molecule has 132 valence electrons. The predicted octanol–water partition coefficient (Wildman–Crippen LogP) is 2.48. The van der Waals surface area contributed by atoms with Gasteiger partial charge in [-0.15, -0.1) is 5.10 Å². The van der Waals surface area contributed by atoms with Crippen molar-refractivity contribution >= 4 is 5.91 Å². The Morgan fingerprint density at radius 3 is 2.29 bits per heavy atom. The summed E-state index contributed by atoms with van der Waals surface area (Å²) < 4.78 is 1.93. The van der Waals surface area contributed by atoms with Crippen LogP contribution in [0.25, 0.3) is 0 Å². The van der Waals surface area contributed by atoms with Gasteiger partial charge in [-0.05, 0) is 51.6 Å². The minimum atomic E-state index is 0.0666. The lowest BCUT2D eigenvalue weighted by Gasteiger charge is -2.36. The summed E-state index contributed by atoms with van der Waals surface area (Å²) in [7, 11) is 0. The Labute approximate surface area is 144 Å². The number of carbonyl (C=O) groups is 1. The van der Waals surface area contributed by atoms with Crippen molar-refractivity contribution in [1.82, 2.24) is 24.8 Å². The molecular weight excluding hydrogens is 302 g/mol. The van der Waals surface area contributed by atoms with E-state index in [9.17, 15) is 4.79 Å². The summed E-state index contributed by atoms with van der Waals surface area (Å²) in [5.74, 6) is 0.0666. The van der Waals surface area contributed by atoms with Gasteiger partial charge >= 0.3 is 0 Å². The molecule has 0 aromatic carbocycles. The number of likely N-dealkylation sites (tertiary alicyclic amines) is 2. The van der Waals surface area contributed by atoms with E-state index in [-0.39, 0.29) is 5.91 Å². The van der Waals surface area contributed by atoms with Crippen LogP contribution in [0, 0.1) is 0 Å². The highest BCUT2D eigenvalue weighted by Crippen LogP contribution is 2.27. The number of hydrogen-bond donors (Lipinski definition) is 0. The van der Waals surface area contributed by atoms with Crippen LogP contribution in [0.5, 0.6) is 0 Å². The first kappa shape index (κ1) is 16.1. The molecule has 1 amide bonds. The number of carbonyl (C=O) groups excluding carboxylic acids is 1. The molecule has 3 fully saturated rings. The zero-order chi connectivity index (χ0) is 16.4. The van der Waals surface area contributed by atoms with Gasteiger partial charge in [0.05, 0.1) is 12.2 Å². The number of rotatable bonds is 3. The van der Waals surface area contributed by atoms with Crippen LogP contribution in [0.1, 0.15) is 74.3 Å². The third-order valence-electron chi connectivity index (χ3n) is 6.09. The highest BCUT2D eigenvalue weighted by molar-refractivity contribution is 5.92. The standard InChI is InChI=1S/C18H29N5O/c24-18(17-14-23(20-19-17)16-6-2-1-3-7-16)22-12-8-15(9-13-22)21-10-4-5-11-21/h14-16H,1-13H2. The zero-order valence-corrected chi connectivity index (χ0v) is 14.6. The Morgan fingerprint density at radius 1 is 0.875 bits per heavy atom. The SMILES string of the molecule is O=C(c1cn(C2CCCCC2)nn1)N1CCC(N2CCCC2)CC1. The number of aromatic nitrogens is 3. The second-order valence-corrected chi connectivity index (χ2v) is 7.64. The van der Waals surface area contributed by atoms with Crippen LogP contribution in [-0.2, 0) is 0 Å². The van der Waals surface area contributed by atoms with Gasteiger partial charge in [-0.3, -0.25) is 4.79 Å². The molecule has 1 aliphatic carbocycles. The predicted molar refractivity (Wildman–Crippen MR) is 91.9 cm³/mol. The first-order valence-electron chi connectivity index (χ1n) is 9.76. The van der Waals surface area contributed by atoms with Gasteiger partial charge in [-0.25, -0.2) is 4.68 Å². The van der Waals surface area contributed by atoms with E-state index >= 15 is 0 Å². The highest BCUT2D eigenvalue weighted by Gasteiger charge is 2.30. The summed E-state index contributed by atoms with van der Waals surface area (Å²) in [4.78, 5) is 17.3. The van der Waals surface area contributed by atoms with Gasteiger partial charge in [0.25, 0.3) is 5.91 Å². The van der Waals surface area contributed by atoms with E-state index < -0.39 is 0 Å². The van der Waals surface area contributed by atoms with Crippen molar-refractivity contribution < 1.29 is 4.79 Å². The Balaban J connectivity index is 1.33. The second kappa shape index (κ2) is 7.21. The normalized spacial score (nSPS) is 24.6. The number of nitrogens with zero attached hydrogens (tertiary/aromatic N) is 5. The van der Waals surface area contributed by atoms with Crippen molar-refractivity contribution in [1.29, 1.82) is 0 Å². The van der Waals surface area contributed by atoms with Gasteiger partial charge < -0.3 is 9.80 Å². The molecule has 24 heavy (non-hydrogen) atoms. The quantitative estimate of drug-likeness (QED) is 0.854. The molecule has 0 unspecified atom stereocenters. The fraction of sp³-hybridized carbons (Fsp3) is 0.833. The topological polar surface area (TPSA) is 54.3 Å². The molecule has 2 aliphatic heterocycles. The van der Waals surface area contributed by atoms with Crippen LogP contribution in [-0.4, -0.2) is 62.9 Å². The van der Waals surface area contributed by atoms with Gasteiger partial charge in [0.15, 0.2) is 5.69 Å². The van der Waals surface area contributed by atoms with Gasteiger partial charge in [-0.1, -0.05) is 24.5 Å². The summed E-state index contributed by atoms with van der Waals surface area (Å²) in [6.07, 6.45) is 12.9. The van der Waals surface area contributed by atoms with Crippen molar-refractivity contribution in [2.75, 3.05) is 26.2 Å². The number of piperidine rings is 1. The van der Waals surface area contributed by atoms with Gasteiger partial charge in [0.2, 0.25) is 0 Å². The first-order chi connectivity index (χ1) is 11.8. The minimum Gasteiger partial charge on any atom is -0.337 e. The summed E-state index contributed by atoms with van der Waals surface area (Å²) in [6.45, 7) is 4.20. The van der Waals surface area contributed by atoms with E-state index in [1.54, 1.807) is 0 Å². The maximum atomic E-state index is 12.7. The molecule has 6 heteroatoms. The van der Waals surface area contributed by atoms with E-state index in [1.807, 2.05) is 15.8 Å². The summed E-state index contributed by atoms with van der Waals surface area (Å²) >= 11 is 0. The minimum absolute atomic E-state index is 0.0666. The Hall–Kier alpha value is -1.43. The molecule has 0 atom stereocenters. The molecule has 0 bridgehead atoms. The molecule has 3 heterocycles. The largest absolute Gasteiger partial charge is 0.337 e.